The summed E-state index contributed by atoms with van der Waals surface area (Å²) in [7, 11) is 3.02. The highest BCUT2D eigenvalue weighted by Gasteiger charge is 2.15. The van der Waals surface area contributed by atoms with Crippen LogP contribution in [0.2, 0.25) is 0 Å². The van der Waals surface area contributed by atoms with Crippen molar-refractivity contribution >= 4 is 33.6 Å². The van der Waals surface area contributed by atoms with Crippen LogP contribution in [0.5, 0.6) is 11.5 Å². The summed E-state index contributed by atoms with van der Waals surface area (Å²) in [5.41, 5.74) is 2.16. The lowest BCUT2D eigenvalue weighted by atomic mass is 10.1. The molecule has 6 heteroatoms. The van der Waals surface area contributed by atoms with Gasteiger partial charge in [0, 0.05) is 15.7 Å². The number of nitrogens with one attached hydrogen (secondary N) is 1. The molecule has 5 nitrogen and oxygen atoms in total. The van der Waals surface area contributed by atoms with E-state index in [9.17, 15) is 10.1 Å². The zero-order chi connectivity index (χ0) is 18.4. The van der Waals surface area contributed by atoms with E-state index in [1.54, 1.807) is 18.2 Å². The SMILES string of the molecule is COc1cc(Br)cc(/C=C(/C#N)C(=O)Nc2cccc(C)c2)c1OC. The molecule has 0 saturated carbocycles. The van der Waals surface area contributed by atoms with Crippen LogP contribution in [0.1, 0.15) is 11.1 Å². The van der Waals surface area contributed by atoms with Gasteiger partial charge in [-0.1, -0.05) is 28.1 Å². The summed E-state index contributed by atoms with van der Waals surface area (Å²) >= 11 is 3.38. The third-order valence-electron chi connectivity index (χ3n) is 3.41. The zero-order valence-electron chi connectivity index (χ0n) is 14.1. The van der Waals surface area contributed by atoms with Gasteiger partial charge in [0.2, 0.25) is 0 Å². The Morgan fingerprint density at radius 1 is 1.24 bits per heavy atom. The molecule has 0 saturated heterocycles. The van der Waals surface area contributed by atoms with Gasteiger partial charge in [0.25, 0.3) is 5.91 Å². The van der Waals surface area contributed by atoms with Crippen LogP contribution in [-0.4, -0.2) is 20.1 Å². The number of methoxy groups -OCH3 is 2. The minimum Gasteiger partial charge on any atom is -0.493 e. The molecule has 128 valence electrons. The predicted molar refractivity (Wildman–Crippen MR) is 101 cm³/mol. The minimum atomic E-state index is -0.492. The van der Waals surface area contributed by atoms with Crippen molar-refractivity contribution in [2.24, 2.45) is 0 Å². The maximum Gasteiger partial charge on any atom is 0.266 e. The Bertz CT molecular complexity index is 869. The normalized spacial score (nSPS) is 10.8. The van der Waals surface area contributed by atoms with E-state index in [0.29, 0.717) is 22.7 Å². The Kier molecular flexibility index (Phi) is 6.20. The van der Waals surface area contributed by atoms with Gasteiger partial charge < -0.3 is 14.8 Å². The summed E-state index contributed by atoms with van der Waals surface area (Å²) in [6, 6.07) is 12.8. The van der Waals surface area contributed by atoms with E-state index in [1.165, 1.54) is 20.3 Å². The second kappa shape index (κ2) is 8.36. The minimum absolute atomic E-state index is 0.0417. The second-order valence-corrected chi connectivity index (χ2v) is 6.14. The number of nitrogens with zero attached hydrogens (tertiary/aromatic N) is 1. The largest absolute Gasteiger partial charge is 0.493 e. The van der Waals surface area contributed by atoms with Crippen molar-refractivity contribution in [1.82, 2.24) is 0 Å². The third-order valence-corrected chi connectivity index (χ3v) is 3.87. The first kappa shape index (κ1) is 18.6. The van der Waals surface area contributed by atoms with Gasteiger partial charge in [-0.15, -0.1) is 0 Å². The molecule has 1 amide bonds. The van der Waals surface area contributed by atoms with Crippen molar-refractivity contribution in [1.29, 1.82) is 5.26 Å². The average molecular weight is 401 g/mol. The first-order chi connectivity index (χ1) is 12.0. The molecule has 0 spiro atoms. The van der Waals surface area contributed by atoms with Gasteiger partial charge >= 0.3 is 0 Å². The summed E-state index contributed by atoms with van der Waals surface area (Å²) in [5, 5.41) is 12.1. The smallest absolute Gasteiger partial charge is 0.266 e. The molecule has 0 radical (unpaired) electrons. The van der Waals surface area contributed by atoms with Crippen LogP contribution in [0.3, 0.4) is 0 Å². The average Bonchev–Trinajstić information content (AvgIpc) is 2.58. The second-order valence-electron chi connectivity index (χ2n) is 5.22. The number of carbonyl (C=O) groups is 1. The highest BCUT2D eigenvalue weighted by atomic mass is 79.9. The molecule has 2 aromatic rings. The van der Waals surface area contributed by atoms with Gasteiger partial charge in [-0.2, -0.15) is 5.26 Å². The molecular weight excluding hydrogens is 384 g/mol. The summed E-state index contributed by atoms with van der Waals surface area (Å²) in [4.78, 5) is 12.4. The van der Waals surface area contributed by atoms with Crippen LogP contribution in [0.15, 0.2) is 46.4 Å². The number of benzene rings is 2. The Labute approximate surface area is 155 Å². The molecule has 2 aromatic carbocycles. The number of ether oxygens (including phenoxy) is 2. The van der Waals surface area contributed by atoms with Crippen molar-refractivity contribution in [2.75, 3.05) is 19.5 Å². The fourth-order valence-electron chi connectivity index (χ4n) is 2.29. The molecular formula is C19H17BrN2O3. The summed E-state index contributed by atoms with van der Waals surface area (Å²) in [6.07, 6.45) is 1.47. The van der Waals surface area contributed by atoms with E-state index < -0.39 is 5.91 Å². The molecule has 25 heavy (non-hydrogen) atoms. The van der Waals surface area contributed by atoms with Crippen LogP contribution in [-0.2, 0) is 4.79 Å². The van der Waals surface area contributed by atoms with Crippen LogP contribution in [0.25, 0.3) is 6.08 Å². The third kappa shape index (κ3) is 4.61. The van der Waals surface area contributed by atoms with E-state index in [-0.39, 0.29) is 5.57 Å². The molecule has 0 aliphatic carbocycles. The predicted octanol–water partition coefficient (Wildman–Crippen LogP) is 4.32. The Morgan fingerprint density at radius 3 is 2.60 bits per heavy atom. The van der Waals surface area contributed by atoms with E-state index in [4.69, 9.17) is 9.47 Å². The summed E-state index contributed by atoms with van der Waals surface area (Å²) < 4.78 is 11.4. The first-order valence-electron chi connectivity index (χ1n) is 7.39. The van der Waals surface area contributed by atoms with Gasteiger partial charge in [-0.3, -0.25) is 4.79 Å². The highest BCUT2D eigenvalue weighted by molar-refractivity contribution is 9.10. The molecule has 0 fully saturated rings. The van der Waals surface area contributed by atoms with Gasteiger partial charge in [0.05, 0.1) is 14.2 Å². The Balaban J connectivity index is 2.39. The van der Waals surface area contributed by atoms with Gasteiger partial charge in [-0.25, -0.2) is 0 Å². The standard InChI is InChI=1S/C19H17BrN2O3/c1-12-5-4-6-16(7-12)22-19(23)14(11-21)8-13-9-15(20)10-17(24-2)18(13)25-3/h4-10H,1-3H3,(H,22,23)/b14-8-. The number of carbonyl (C=O) groups excluding carboxylic acids is 1. The zero-order valence-corrected chi connectivity index (χ0v) is 15.7. The van der Waals surface area contributed by atoms with E-state index >= 15 is 0 Å². The molecule has 0 aromatic heterocycles. The van der Waals surface area contributed by atoms with Gasteiger partial charge in [-0.05, 0) is 42.8 Å². The number of halogens is 1. The molecule has 0 bridgehead atoms. The molecule has 0 atom stereocenters. The van der Waals surface area contributed by atoms with Gasteiger partial charge in [0.1, 0.15) is 11.6 Å². The molecule has 1 N–H and O–H groups in total. The van der Waals surface area contributed by atoms with Crippen LogP contribution >= 0.6 is 15.9 Å². The maximum atomic E-state index is 12.4. The maximum absolute atomic E-state index is 12.4. The van der Waals surface area contributed by atoms with Crippen LogP contribution < -0.4 is 14.8 Å². The van der Waals surface area contributed by atoms with Crippen molar-refractivity contribution in [3.63, 3.8) is 0 Å². The number of nitriles is 1. The highest BCUT2D eigenvalue weighted by Crippen LogP contribution is 2.35. The number of amides is 1. The molecule has 0 aliphatic heterocycles. The van der Waals surface area contributed by atoms with Crippen LogP contribution in [0.4, 0.5) is 5.69 Å². The summed E-state index contributed by atoms with van der Waals surface area (Å²) in [5.74, 6) is 0.454. The molecule has 0 unspecified atom stereocenters. The molecule has 2 rings (SSSR count). The number of hydrogen-bond acceptors (Lipinski definition) is 4. The lowest BCUT2D eigenvalue weighted by Gasteiger charge is -2.12. The van der Waals surface area contributed by atoms with Crippen molar-refractivity contribution in [2.45, 2.75) is 6.92 Å². The number of hydrogen-bond donors (Lipinski definition) is 1. The van der Waals surface area contributed by atoms with Gasteiger partial charge in [0.15, 0.2) is 11.5 Å². The molecule has 0 aliphatic rings. The first-order valence-corrected chi connectivity index (χ1v) is 8.19. The lowest BCUT2D eigenvalue weighted by molar-refractivity contribution is -0.112. The molecule has 0 heterocycles. The van der Waals surface area contributed by atoms with Crippen molar-refractivity contribution in [3.05, 3.63) is 57.6 Å². The fraction of sp³-hybridized carbons (Fsp3) is 0.158. The van der Waals surface area contributed by atoms with E-state index in [2.05, 4.69) is 21.2 Å². The summed E-state index contributed by atoms with van der Waals surface area (Å²) in [6.45, 7) is 1.93. The Hall–Kier alpha value is -2.78. The Morgan fingerprint density at radius 2 is 2.00 bits per heavy atom. The quantitative estimate of drug-likeness (QED) is 0.599. The number of rotatable bonds is 5. The monoisotopic (exact) mass is 400 g/mol. The fourth-order valence-corrected chi connectivity index (χ4v) is 2.75. The number of anilines is 1. The lowest BCUT2D eigenvalue weighted by Crippen LogP contribution is -2.13. The van der Waals surface area contributed by atoms with Crippen molar-refractivity contribution < 1.29 is 14.3 Å². The van der Waals surface area contributed by atoms with Crippen LogP contribution in [0, 0.1) is 18.3 Å². The van der Waals surface area contributed by atoms with E-state index in [0.717, 1.165) is 10.0 Å². The number of aryl methyl sites for hydroxylation is 1. The van der Waals surface area contributed by atoms with Crippen molar-refractivity contribution in [3.8, 4) is 17.6 Å². The van der Waals surface area contributed by atoms with E-state index in [1.807, 2.05) is 31.2 Å². The topological polar surface area (TPSA) is 71.3 Å².